The Morgan fingerprint density at radius 3 is 0.854 bits per heavy atom. The zero-order chi connectivity index (χ0) is 28.3. The Kier molecular flexibility index (Phi) is 8.69. The number of rotatable bonds is 4. The molecule has 0 unspecified atom stereocenters. The Hall–Kier alpha value is -4.35. The maximum Gasteiger partial charge on any atom is 3.00 e. The topological polar surface area (TPSA) is 97.1 Å². The van der Waals surface area contributed by atoms with Gasteiger partial charge in [0.1, 0.15) is 0 Å². The molecular weight excluding hydrogens is 559 g/mol. The Morgan fingerprint density at radius 1 is 0.439 bits per heavy atom. The van der Waals surface area contributed by atoms with Crippen molar-refractivity contribution < 1.29 is 16.8 Å². The molecule has 0 bridgehead atoms. The minimum absolute atomic E-state index is 0. The molecule has 41 heavy (non-hydrogen) atoms. The molecule has 0 atom stereocenters. The Bertz CT molecular complexity index is 1410. The van der Waals surface area contributed by atoms with E-state index in [1.807, 2.05) is 49.1 Å². The molecule has 0 aliphatic rings. The van der Waals surface area contributed by atoms with Crippen LogP contribution in [0.15, 0.2) is 98.1 Å². The molecule has 11 heteroatoms. The standard InChI is InChI=1S/2C15H17N5.Co/c2*1-15(2,3)12-10-13(19-8-4-6-16-19)18-14(11-12)20-9-5-7-17-20;/h2*4-11H,1-3H3;/q;;+3. The van der Waals surface area contributed by atoms with Crippen LogP contribution in [0.25, 0.3) is 23.3 Å². The predicted octanol–water partition coefficient (Wildman–Crippen LogP) is 5.50. The molecule has 10 nitrogen and oxygen atoms in total. The van der Waals surface area contributed by atoms with E-state index in [0.29, 0.717) is 0 Å². The van der Waals surface area contributed by atoms with Crippen LogP contribution >= 0.6 is 0 Å². The molecule has 6 heterocycles. The van der Waals surface area contributed by atoms with E-state index in [1.165, 1.54) is 11.1 Å². The van der Waals surface area contributed by atoms with Gasteiger partial charge in [-0.25, -0.2) is 28.7 Å². The van der Waals surface area contributed by atoms with E-state index < -0.39 is 0 Å². The monoisotopic (exact) mass is 593 g/mol. The zero-order valence-corrected chi connectivity index (χ0v) is 25.1. The molecule has 6 rings (SSSR count). The Balaban J connectivity index is 0.000000184. The maximum absolute atomic E-state index is 4.63. The van der Waals surface area contributed by atoms with Gasteiger partial charge >= 0.3 is 16.8 Å². The smallest absolute Gasteiger partial charge is 0.223 e. The largest absolute Gasteiger partial charge is 3.00 e. The summed E-state index contributed by atoms with van der Waals surface area (Å²) in [5.41, 5.74) is 2.46. The van der Waals surface area contributed by atoms with Gasteiger partial charge < -0.3 is 0 Å². The molecule has 0 fully saturated rings. The normalized spacial score (nSPS) is 11.5. The van der Waals surface area contributed by atoms with Crippen LogP contribution in [0.4, 0.5) is 0 Å². The van der Waals surface area contributed by atoms with Crippen molar-refractivity contribution in [2.24, 2.45) is 0 Å². The van der Waals surface area contributed by atoms with Crippen LogP contribution in [0.3, 0.4) is 0 Å². The van der Waals surface area contributed by atoms with E-state index in [2.05, 4.69) is 96.2 Å². The summed E-state index contributed by atoms with van der Waals surface area (Å²) in [6.45, 7) is 13.1. The summed E-state index contributed by atoms with van der Waals surface area (Å²) in [5, 5.41) is 17.0. The molecule has 6 aromatic rings. The second-order valence-electron chi connectivity index (χ2n) is 11.4. The van der Waals surface area contributed by atoms with Gasteiger partial charge in [0.2, 0.25) is 0 Å². The maximum atomic E-state index is 4.63. The van der Waals surface area contributed by atoms with Gasteiger partial charge in [-0.3, -0.25) is 0 Å². The number of pyridine rings is 2. The van der Waals surface area contributed by atoms with Crippen molar-refractivity contribution in [2.45, 2.75) is 52.4 Å². The first-order valence-electron chi connectivity index (χ1n) is 13.1. The minimum Gasteiger partial charge on any atom is -0.223 e. The average molecular weight is 594 g/mol. The summed E-state index contributed by atoms with van der Waals surface area (Å²) in [7, 11) is 0. The van der Waals surface area contributed by atoms with Crippen molar-refractivity contribution in [1.29, 1.82) is 0 Å². The third kappa shape index (κ3) is 7.05. The summed E-state index contributed by atoms with van der Waals surface area (Å²) < 4.78 is 7.06. The number of hydrogen-bond donors (Lipinski definition) is 0. The van der Waals surface area contributed by atoms with E-state index in [-0.39, 0.29) is 27.6 Å². The first-order chi connectivity index (χ1) is 19.1. The molecule has 0 aromatic carbocycles. The molecule has 210 valence electrons. The van der Waals surface area contributed by atoms with Gasteiger partial charge in [0.05, 0.1) is 0 Å². The number of aromatic nitrogens is 10. The predicted molar refractivity (Wildman–Crippen MR) is 154 cm³/mol. The molecule has 0 aliphatic heterocycles. The van der Waals surface area contributed by atoms with E-state index in [1.54, 1.807) is 43.5 Å². The first-order valence-corrected chi connectivity index (χ1v) is 13.1. The molecule has 0 saturated carbocycles. The average Bonchev–Trinajstić information content (AvgIpc) is 3.75. The van der Waals surface area contributed by atoms with Crippen LogP contribution in [0.1, 0.15) is 52.7 Å². The number of nitrogens with zero attached hydrogens (tertiary/aromatic N) is 10. The Morgan fingerprint density at radius 2 is 0.683 bits per heavy atom. The van der Waals surface area contributed by atoms with Gasteiger partial charge in [-0.1, -0.05) is 41.5 Å². The van der Waals surface area contributed by atoms with Gasteiger partial charge in [0.15, 0.2) is 23.3 Å². The number of hydrogen-bond acceptors (Lipinski definition) is 6. The molecule has 0 radical (unpaired) electrons. The van der Waals surface area contributed by atoms with Crippen LogP contribution in [-0.4, -0.2) is 49.1 Å². The van der Waals surface area contributed by atoms with Crippen molar-refractivity contribution in [2.75, 3.05) is 0 Å². The van der Waals surface area contributed by atoms with Gasteiger partial charge in [0, 0.05) is 49.6 Å². The zero-order valence-electron chi connectivity index (χ0n) is 24.0. The summed E-state index contributed by atoms with van der Waals surface area (Å²) in [5.74, 6) is 3.20. The molecular formula is C30H34CoN10+3. The van der Waals surface area contributed by atoms with Crippen molar-refractivity contribution >= 4 is 0 Å². The third-order valence-corrected chi connectivity index (χ3v) is 6.29. The summed E-state index contributed by atoms with van der Waals surface area (Å²) in [4.78, 5) is 9.27. The van der Waals surface area contributed by atoms with Crippen molar-refractivity contribution in [3.05, 3.63) is 109 Å². The first kappa shape index (κ1) is 29.6. The van der Waals surface area contributed by atoms with Gasteiger partial charge in [-0.15, -0.1) is 0 Å². The van der Waals surface area contributed by atoms with Gasteiger partial charge in [-0.2, -0.15) is 20.4 Å². The van der Waals surface area contributed by atoms with E-state index in [0.717, 1.165) is 23.3 Å². The van der Waals surface area contributed by atoms with E-state index in [9.17, 15) is 0 Å². The van der Waals surface area contributed by atoms with Crippen molar-refractivity contribution in [3.63, 3.8) is 0 Å². The third-order valence-electron chi connectivity index (χ3n) is 6.29. The van der Waals surface area contributed by atoms with Crippen LogP contribution in [0.5, 0.6) is 0 Å². The van der Waals surface area contributed by atoms with Crippen LogP contribution < -0.4 is 0 Å². The van der Waals surface area contributed by atoms with E-state index >= 15 is 0 Å². The minimum atomic E-state index is 0. The van der Waals surface area contributed by atoms with Crippen LogP contribution in [-0.2, 0) is 27.6 Å². The SMILES string of the molecule is CC(C)(C)c1cc(-n2cccn2)nc(-n2cccn2)c1.CC(C)(C)c1cc(-n2cccn2)nc(-n2cccn2)c1.[Co+3]. The molecule has 0 amide bonds. The quantitative estimate of drug-likeness (QED) is 0.268. The Labute approximate surface area is 250 Å². The molecule has 0 saturated heterocycles. The second kappa shape index (κ2) is 12.0. The summed E-state index contributed by atoms with van der Waals surface area (Å²) in [6, 6.07) is 15.8. The van der Waals surface area contributed by atoms with Crippen molar-refractivity contribution in [1.82, 2.24) is 49.1 Å². The van der Waals surface area contributed by atoms with Gasteiger partial charge in [-0.05, 0) is 70.5 Å². The summed E-state index contributed by atoms with van der Waals surface area (Å²) in [6.07, 6.45) is 14.6. The molecule has 0 aliphatic carbocycles. The van der Waals surface area contributed by atoms with Gasteiger partial charge in [0.25, 0.3) is 0 Å². The molecule has 0 spiro atoms. The van der Waals surface area contributed by atoms with Crippen molar-refractivity contribution in [3.8, 4) is 23.3 Å². The second-order valence-corrected chi connectivity index (χ2v) is 11.4. The van der Waals surface area contributed by atoms with E-state index in [4.69, 9.17) is 0 Å². The molecule has 6 aromatic heterocycles. The summed E-state index contributed by atoms with van der Waals surface area (Å²) >= 11 is 0. The fourth-order valence-corrected chi connectivity index (χ4v) is 3.96. The fraction of sp³-hybridized carbons (Fsp3) is 0.267. The fourth-order valence-electron chi connectivity index (χ4n) is 3.96. The van der Waals surface area contributed by atoms with Crippen LogP contribution in [0.2, 0.25) is 0 Å². The molecule has 0 N–H and O–H groups in total. The van der Waals surface area contributed by atoms with Crippen LogP contribution in [0, 0.1) is 0 Å².